The molecule has 1 aliphatic carbocycles. The van der Waals surface area contributed by atoms with Crippen LogP contribution in [0.5, 0.6) is 0 Å². The van der Waals surface area contributed by atoms with E-state index in [4.69, 9.17) is 4.74 Å². The molecule has 2 saturated heterocycles. The Morgan fingerprint density at radius 2 is 1.59 bits per heavy atom. The lowest BCUT2D eigenvalue weighted by Crippen LogP contribution is -2.38. The van der Waals surface area contributed by atoms with E-state index in [0.29, 0.717) is 6.04 Å². The minimum atomic E-state index is -0.473. The van der Waals surface area contributed by atoms with Crippen LogP contribution in [0, 0.1) is 5.41 Å². The minimum absolute atomic E-state index is 0.107. The van der Waals surface area contributed by atoms with Gasteiger partial charge < -0.3 is 9.64 Å². The van der Waals surface area contributed by atoms with Gasteiger partial charge in [-0.25, -0.2) is 4.79 Å². The zero-order chi connectivity index (χ0) is 20.2. The van der Waals surface area contributed by atoms with Crippen molar-refractivity contribution in [1.82, 2.24) is 9.80 Å². The maximum atomic E-state index is 13.1. The third kappa shape index (κ3) is 2.96. The van der Waals surface area contributed by atoms with Gasteiger partial charge in [0.1, 0.15) is 5.60 Å². The monoisotopic (exact) mass is 390 g/mol. The smallest absolute Gasteiger partial charge is 0.410 e. The Labute approximate surface area is 173 Å². The molecule has 4 nitrogen and oxygen atoms in total. The first kappa shape index (κ1) is 18.7. The highest BCUT2D eigenvalue weighted by atomic mass is 16.6. The van der Waals surface area contributed by atoms with Gasteiger partial charge in [0.15, 0.2) is 0 Å². The van der Waals surface area contributed by atoms with Gasteiger partial charge in [0.05, 0.1) is 6.04 Å². The normalized spacial score (nSPS) is 28.2. The first-order chi connectivity index (χ1) is 13.9. The van der Waals surface area contributed by atoms with Crippen LogP contribution in [0.15, 0.2) is 54.6 Å². The molecule has 5 rings (SSSR count). The summed E-state index contributed by atoms with van der Waals surface area (Å²) in [7, 11) is 0. The lowest BCUT2D eigenvalue weighted by atomic mass is 9.77. The molecule has 4 heteroatoms. The lowest BCUT2D eigenvalue weighted by Gasteiger charge is -2.34. The average Bonchev–Trinajstić information content (AvgIpc) is 3.30. The summed E-state index contributed by atoms with van der Waals surface area (Å²) >= 11 is 0. The standard InChI is InChI=1S/C25H30N2O2/c1-24(2,3)29-23(28)27-16-14-25-13-15-26(17-18-9-5-4-6-10-18)21(25)19-11-7-8-12-20(19)22(25)27/h4-12,21-22H,13-17H2,1-3H3. The molecule has 3 aliphatic rings. The summed E-state index contributed by atoms with van der Waals surface area (Å²) < 4.78 is 5.79. The van der Waals surface area contributed by atoms with Gasteiger partial charge in [0.25, 0.3) is 0 Å². The Bertz CT molecular complexity index is 920. The van der Waals surface area contributed by atoms with Gasteiger partial charge >= 0.3 is 6.09 Å². The fourth-order valence-corrected chi connectivity index (χ4v) is 5.93. The lowest BCUT2D eigenvalue weighted by molar-refractivity contribution is 0.0156. The maximum absolute atomic E-state index is 13.1. The van der Waals surface area contributed by atoms with Crippen LogP contribution in [-0.4, -0.2) is 34.6 Å². The average molecular weight is 391 g/mol. The zero-order valence-electron chi connectivity index (χ0n) is 17.6. The van der Waals surface area contributed by atoms with Crippen molar-refractivity contribution in [3.05, 3.63) is 71.3 Å². The Kier molecular flexibility index (Phi) is 4.25. The van der Waals surface area contributed by atoms with E-state index in [0.717, 1.165) is 32.5 Å². The van der Waals surface area contributed by atoms with Gasteiger partial charge in [0, 0.05) is 24.5 Å². The number of likely N-dealkylation sites (tertiary alicyclic amines) is 2. The first-order valence-electron chi connectivity index (χ1n) is 10.8. The molecule has 2 fully saturated rings. The van der Waals surface area contributed by atoms with E-state index in [1.807, 2.05) is 25.7 Å². The van der Waals surface area contributed by atoms with Crippen molar-refractivity contribution >= 4 is 6.09 Å². The molecule has 0 radical (unpaired) electrons. The van der Waals surface area contributed by atoms with Crippen molar-refractivity contribution in [2.75, 3.05) is 13.1 Å². The molecule has 3 atom stereocenters. The highest BCUT2D eigenvalue weighted by Gasteiger charge is 2.63. The highest BCUT2D eigenvalue weighted by Crippen LogP contribution is 2.67. The Morgan fingerprint density at radius 1 is 0.966 bits per heavy atom. The van der Waals surface area contributed by atoms with E-state index < -0.39 is 5.60 Å². The summed E-state index contributed by atoms with van der Waals surface area (Å²) in [6, 6.07) is 20.0. The van der Waals surface area contributed by atoms with Crippen LogP contribution in [0.1, 0.15) is 62.4 Å². The van der Waals surface area contributed by atoms with Gasteiger partial charge in [-0.1, -0.05) is 54.6 Å². The summed E-state index contributed by atoms with van der Waals surface area (Å²) in [5, 5.41) is 0. The molecule has 29 heavy (non-hydrogen) atoms. The number of ether oxygens (including phenoxy) is 1. The van der Waals surface area contributed by atoms with Crippen LogP contribution in [0.4, 0.5) is 4.79 Å². The summed E-state index contributed by atoms with van der Waals surface area (Å²) in [5.41, 5.74) is 3.71. The minimum Gasteiger partial charge on any atom is -0.444 e. The van der Waals surface area contributed by atoms with E-state index in [-0.39, 0.29) is 17.6 Å². The summed E-state index contributed by atoms with van der Waals surface area (Å²) in [6.07, 6.45) is 2.00. The van der Waals surface area contributed by atoms with Crippen molar-refractivity contribution in [2.24, 2.45) is 5.41 Å². The molecule has 0 saturated carbocycles. The fraction of sp³-hybridized carbons (Fsp3) is 0.480. The van der Waals surface area contributed by atoms with Gasteiger partial charge in [-0.2, -0.15) is 0 Å². The Balaban J connectivity index is 1.50. The van der Waals surface area contributed by atoms with E-state index in [1.54, 1.807) is 0 Å². The molecule has 1 amide bonds. The number of carbonyl (C=O) groups excluding carboxylic acids is 1. The number of carbonyl (C=O) groups is 1. The van der Waals surface area contributed by atoms with Crippen molar-refractivity contribution in [1.29, 1.82) is 0 Å². The number of hydrogen-bond acceptors (Lipinski definition) is 3. The van der Waals surface area contributed by atoms with Gasteiger partial charge in [-0.15, -0.1) is 0 Å². The van der Waals surface area contributed by atoms with Crippen molar-refractivity contribution in [3.8, 4) is 0 Å². The molecular formula is C25H30N2O2. The molecule has 0 N–H and O–H groups in total. The fourth-order valence-electron chi connectivity index (χ4n) is 5.93. The molecular weight excluding hydrogens is 360 g/mol. The van der Waals surface area contributed by atoms with Crippen LogP contribution >= 0.6 is 0 Å². The van der Waals surface area contributed by atoms with Crippen LogP contribution in [0.3, 0.4) is 0 Å². The van der Waals surface area contributed by atoms with Crippen molar-refractivity contribution < 1.29 is 9.53 Å². The predicted molar refractivity (Wildman–Crippen MR) is 113 cm³/mol. The Morgan fingerprint density at radius 3 is 2.28 bits per heavy atom. The van der Waals surface area contributed by atoms with Crippen LogP contribution < -0.4 is 0 Å². The number of amides is 1. The summed E-state index contributed by atoms with van der Waals surface area (Å²) in [4.78, 5) is 17.7. The van der Waals surface area contributed by atoms with E-state index in [2.05, 4.69) is 59.5 Å². The molecule has 2 aromatic rings. The molecule has 0 bridgehead atoms. The van der Waals surface area contributed by atoms with Gasteiger partial charge in [-0.05, 0) is 56.8 Å². The number of fused-ring (bicyclic) bond motifs is 3. The molecule has 2 aromatic carbocycles. The third-order valence-electron chi connectivity index (χ3n) is 6.89. The SMILES string of the molecule is CC(C)(C)OC(=O)N1CCC23CCN(Cc4ccccc4)C2c2ccccc2C13. The predicted octanol–water partition coefficient (Wildman–Crippen LogP) is 5.32. The molecule has 152 valence electrons. The summed E-state index contributed by atoms with van der Waals surface area (Å²) in [6.45, 7) is 8.65. The topological polar surface area (TPSA) is 32.8 Å². The van der Waals surface area contributed by atoms with Crippen molar-refractivity contribution in [2.45, 2.75) is 57.8 Å². The Hall–Kier alpha value is -2.33. The summed E-state index contributed by atoms with van der Waals surface area (Å²) in [5.74, 6) is 0. The van der Waals surface area contributed by atoms with Gasteiger partial charge in [-0.3, -0.25) is 4.90 Å². The maximum Gasteiger partial charge on any atom is 0.410 e. The van der Waals surface area contributed by atoms with E-state index >= 15 is 0 Å². The number of benzene rings is 2. The molecule has 1 spiro atoms. The van der Waals surface area contributed by atoms with Crippen LogP contribution in [0.25, 0.3) is 0 Å². The first-order valence-corrected chi connectivity index (χ1v) is 10.8. The number of hydrogen-bond donors (Lipinski definition) is 0. The van der Waals surface area contributed by atoms with Crippen LogP contribution in [-0.2, 0) is 11.3 Å². The van der Waals surface area contributed by atoms with Crippen molar-refractivity contribution in [3.63, 3.8) is 0 Å². The molecule has 2 heterocycles. The highest BCUT2D eigenvalue weighted by molar-refractivity contribution is 5.70. The largest absolute Gasteiger partial charge is 0.444 e. The molecule has 2 aliphatic heterocycles. The van der Waals surface area contributed by atoms with E-state index in [9.17, 15) is 4.79 Å². The van der Waals surface area contributed by atoms with Crippen LogP contribution in [0.2, 0.25) is 0 Å². The van der Waals surface area contributed by atoms with Gasteiger partial charge in [0.2, 0.25) is 0 Å². The molecule has 0 aromatic heterocycles. The zero-order valence-corrected chi connectivity index (χ0v) is 17.6. The number of nitrogens with zero attached hydrogens (tertiary/aromatic N) is 2. The van der Waals surface area contributed by atoms with E-state index in [1.165, 1.54) is 16.7 Å². The third-order valence-corrected chi connectivity index (χ3v) is 6.89. The quantitative estimate of drug-likeness (QED) is 0.696. The number of rotatable bonds is 2. The second kappa shape index (κ2) is 6.60. The molecule has 3 unspecified atom stereocenters. The second-order valence-corrected chi connectivity index (χ2v) is 9.80. The second-order valence-electron chi connectivity index (χ2n) is 9.80.